The fourth-order valence-electron chi connectivity index (χ4n) is 2.61. The predicted molar refractivity (Wildman–Crippen MR) is 67.8 cm³/mol. The van der Waals surface area contributed by atoms with E-state index in [4.69, 9.17) is 5.73 Å². The van der Waals surface area contributed by atoms with E-state index in [-0.39, 0.29) is 29.3 Å². The van der Waals surface area contributed by atoms with Crippen LogP contribution < -0.4 is 11.1 Å². The van der Waals surface area contributed by atoms with E-state index >= 15 is 0 Å². The second kappa shape index (κ2) is 5.27. The molecule has 0 aromatic heterocycles. The van der Waals surface area contributed by atoms with E-state index in [2.05, 4.69) is 12.2 Å². The number of rotatable bonds is 2. The maximum atomic E-state index is 12.4. The van der Waals surface area contributed by atoms with E-state index in [1.54, 1.807) is 0 Å². The topological polar surface area (TPSA) is 75.4 Å². The number of hydrogen-bond acceptors (Lipinski definition) is 4. The third kappa shape index (κ3) is 2.57. The van der Waals surface area contributed by atoms with Gasteiger partial charge in [-0.1, -0.05) is 11.8 Å². The first-order valence-electron chi connectivity index (χ1n) is 6.09. The van der Waals surface area contributed by atoms with Crippen molar-refractivity contribution in [1.82, 2.24) is 10.2 Å². The molecular weight excluding hydrogens is 238 g/mol. The molecule has 0 spiro atoms. The Morgan fingerprint density at radius 1 is 1.59 bits per heavy atom. The molecule has 2 rings (SSSR count). The summed E-state index contributed by atoms with van der Waals surface area (Å²) in [5.74, 6) is 0.573. The fraction of sp³-hybridized carbons (Fsp3) is 0.818. The van der Waals surface area contributed by atoms with Crippen LogP contribution in [0.5, 0.6) is 0 Å². The van der Waals surface area contributed by atoms with Gasteiger partial charge in [-0.05, 0) is 26.2 Å². The summed E-state index contributed by atoms with van der Waals surface area (Å²) in [6, 6.07) is 0.00292. The molecule has 96 valence electrons. The second-order valence-electron chi connectivity index (χ2n) is 4.71. The van der Waals surface area contributed by atoms with Crippen molar-refractivity contribution in [3.8, 4) is 0 Å². The van der Waals surface area contributed by atoms with Crippen LogP contribution in [0.25, 0.3) is 0 Å². The Balaban J connectivity index is 2.07. The number of nitrogens with zero attached hydrogens (tertiary/aromatic N) is 1. The number of amides is 2. The van der Waals surface area contributed by atoms with Crippen LogP contribution in [0.1, 0.15) is 26.2 Å². The number of carbonyl (C=O) groups is 2. The van der Waals surface area contributed by atoms with E-state index < -0.39 is 0 Å². The Hall–Kier alpha value is -0.750. The monoisotopic (exact) mass is 257 g/mol. The minimum absolute atomic E-state index is 0.0333. The van der Waals surface area contributed by atoms with Gasteiger partial charge in [-0.15, -0.1) is 0 Å². The summed E-state index contributed by atoms with van der Waals surface area (Å²) in [6.07, 6.45) is 3.12. The number of piperidine rings is 1. The van der Waals surface area contributed by atoms with Gasteiger partial charge in [-0.25, -0.2) is 0 Å². The fourth-order valence-corrected chi connectivity index (χ4v) is 3.38. The van der Waals surface area contributed by atoms with Crippen molar-refractivity contribution >= 4 is 22.9 Å². The normalized spacial score (nSPS) is 33.6. The second-order valence-corrected chi connectivity index (χ2v) is 5.70. The van der Waals surface area contributed by atoms with Gasteiger partial charge < -0.3 is 16.0 Å². The molecule has 2 heterocycles. The lowest BCUT2D eigenvalue weighted by molar-refractivity contribution is -0.138. The maximum Gasteiger partial charge on any atom is 0.279 e. The maximum absolute atomic E-state index is 12.4. The van der Waals surface area contributed by atoms with E-state index in [9.17, 15) is 9.59 Å². The third-order valence-electron chi connectivity index (χ3n) is 3.53. The first-order chi connectivity index (χ1) is 8.13. The highest BCUT2D eigenvalue weighted by molar-refractivity contribution is 8.14. The number of thioether (sulfide) groups is 1. The molecule has 2 aliphatic rings. The zero-order valence-corrected chi connectivity index (χ0v) is 10.8. The lowest BCUT2D eigenvalue weighted by atomic mass is 9.95. The summed E-state index contributed by atoms with van der Waals surface area (Å²) in [4.78, 5) is 25.4. The molecule has 0 radical (unpaired) electrons. The standard InChI is InChI=1S/C11H19N3O2S/c1-7-3-2-4-8(5-12)14(7)10(15)9-6-17-11(16)13-9/h7-9H,2-6,12H2,1H3,(H,13,16). The van der Waals surface area contributed by atoms with Crippen molar-refractivity contribution in [3.63, 3.8) is 0 Å². The minimum atomic E-state index is -0.359. The Bertz CT molecular complexity index is 324. The summed E-state index contributed by atoms with van der Waals surface area (Å²) in [6.45, 7) is 2.56. The smallest absolute Gasteiger partial charge is 0.279 e. The highest BCUT2D eigenvalue weighted by atomic mass is 32.2. The lowest BCUT2D eigenvalue weighted by Crippen LogP contribution is -2.57. The van der Waals surface area contributed by atoms with Crippen LogP contribution in [-0.2, 0) is 4.79 Å². The first-order valence-corrected chi connectivity index (χ1v) is 7.07. The van der Waals surface area contributed by atoms with Crippen molar-refractivity contribution < 1.29 is 9.59 Å². The summed E-state index contributed by atoms with van der Waals surface area (Å²) >= 11 is 1.18. The largest absolute Gasteiger partial charge is 0.334 e. The van der Waals surface area contributed by atoms with Crippen LogP contribution in [0.2, 0.25) is 0 Å². The van der Waals surface area contributed by atoms with Crippen molar-refractivity contribution in [2.45, 2.75) is 44.3 Å². The van der Waals surface area contributed by atoms with Crippen LogP contribution >= 0.6 is 11.8 Å². The Labute approximate surface area is 105 Å². The molecule has 2 saturated heterocycles. The zero-order chi connectivity index (χ0) is 12.4. The van der Waals surface area contributed by atoms with Gasteiger partial charge in [0.2, 0.25) is 5.91 Å². The molecule has 2 aliphatic heterocycles. The molecule has 2 fully saturated rings. The van der Waals surface area contributed by atoms with Gasteiger partial charge in [0, 0.05) is 24.4 Å². The van der Waals surface area contributed by atoms with Gasteiger partial charge in [-0.2, -0.15) is 0 Å². The molecule has 0 aromatic carbocycles. The van der Waals surface area contributed by atoms with Gasteiger partial charge in [0.25, 0.3) is 5.24 Å². The molecule has 17 heavy (non-hydrogen) atoms. The quantitative estimate of drug-likeness (QED) is 0.757. The number of likely N-dealkylation sites (tertiary alicyclic amines) is 1. The van der Waals surface area contributed by atoms with Crippen LogP contribution in [0.15, 0.2) is 0 Å². The summed E-state index contributed by atoms with van der Waals surface area (Å²) in [7, 11) is 0. The van der Waals surface area contributed by atoms with E-state index in [1.807, 2.05) is 4.90 Å². The summed E-state index contributed by atoms with van der Waals surface area (Å²) in [5.41, 5.74) is 5.73. The molecule has 5 nitrogen and oxygen atoms in total. The minimum Gasteiger partial charge on any atom is -0.334 e. The predicted octanol–water partition coefficient (Wildman–Crippen LogP) is 0.540. The van der Waals surface area contributed by atoms with Gasteiger partial charge in [0.1, 0.15) is 6.04 Å². The van der Waals surface area contributed by atoms with E-state index in [0.29, 0.717) is 12.3 Å². The Morgan fingerprint density at radius 3 is 2.94 bits per heavy atom. The number of nitrogens with two attached hydrogens (primary N) is 1. The number of nitrogens with one attached hydrogen (secondary N) is 1. The van der Waals surface area contributed by atoms with E-state index in [1.165, 1.54) is 11.8 Å². The van der Waals surface area contributed by atoms with Crippen LogP contribution in [0, 0.1) is 0 Å². The molecule has 0 bridgehead atoms. The molecule has 6 heteroatoms. The molecular formula is C11H19N3O2S. The van der Waals surface area contributed by atoms with Crippen molar-refractivity contribution in [1.29, 1.82) is 0 Å². The van der Waals surface area contributed by atoms with E-state index in [0.717, 1.165) is 19.3 Å². The highest BCUT2D eigenvalue weighted by Crippen LogP contribution is 2.25. The number of carbonyl (C=O) groups excluding carboxylic acids is 2. The molecule has 0 aliphatic carbocycles. The zero-order valence-electron chi connectivity index (χ0n) is 10.0. The Morgan fingerprint density at radius 2 is 2.35 bits per heavy atom. The van der Waals surface area contributed by atoms with Gasteiger partial charge >= 0.3 is 0 Å². The van der Waals surface area contributed by atoms with Crippen molar-refractivity contribution in [3.05, 3.63) is 0 Å². The van der Waals surface area contributed by atoms with Crippen molar-refractivity contribution in [2.24, 2.45) is 5.73 Å². The lowest BCUT2D eigenvalue weighted by Gasteiger charge is -2.41. The molecule has 3 atom stereocenters. The molecule has 3 unspecified atom stereocenters. The molecule has 3 N–H and O–H groups in total. The average molecular weight is 257 g/mol. The third-order valence-corrected chi connectivity index (χ3v) is 4.41. The number of hydrogen-bond donors (Lipinski definition) is 2. The highest BCUT2D eigenvalue weighted by Gasteiger charge is 2.37. The SMILES string of the molecule is CC1CCCC(CN)N1C(=O)C1CSC(=O)N1. The molecule has 0 aromatic rings. The van der Waals surface area contributed by atoms with Gasteiger partial charge in [0.05, 0.1) is 0 Å². The van der Waals surface area contributed by atoms with Crippen molar-refractivity contribution in [2.75, 3.05) is 12.3 Å². The summed E-state index contributed by atoms with van der Waals surface area (Å²) in [5, 5.41) is 2.61. The van der Waals surface area contributed by atoms with Crippen LogP contribution in [-0.4, -0.2) is 46.5 Å². The summed E-state index contributed by atoms with van der Waals surface area (Å²) < 4.78 is 0. The van der Waals surface area contributed by atoms with Crippen LogP contribution in [0.3, 0.4) is 0 Å². The van der Waals surface area contributed by atoms with Gasteiger partial charge in [-0.3, -0.25) is 9.59 Å². The molecule has 0 saturated carbocycles. The molecule has 2 amide bonds. The van der Waals surface area contributed by atoms with Crippen LogP contribution in [0.4, 0.5) is 4.79 Å². The Kier molecular flexibility index (Phi) is 3.93. The average Bonchev–Trinajstić information content (AvgIpc) is 2.74. The first kappa shape index (κ1) is 12.7. The van der Waals surface area contributed by atoms with Gasteiger partial charge in [0.15, 0.2) is 0 Å².